The number of nitrogens with one attached hydrogen (secondary N) is 1. The van der Waals surface area contributed by atoms with Crippen LogP contribution in [0.25, 0.3) is 25.7 Å². The lowest BCUT2D eigenvalue weighted by atomic mass is 9.96. The van der Waals surface area contributed by atoms with Gasteiger partial charge in [0.1, 0.15) is 0 Å². The Morgan fingerprint density at radius 3 is 2.44 bits per heavy atom. The third-order valence-electron chi connectivity index (χ3n) is 4.47. The second-order valence-corrected chi connectivity index (χ2v) is 7.18. The predicted molar refractivity (Wildman–Crippen MR) is 111 cm³/mol. The zero-order chi connectivity index (χ0) is 17.1. The van der Waals surface area contributed by atoms with Crippen LogP contribution in [0.15, 0.2) is 78.9 Å². The molecule has 4 rings (SSSR count). The highest BCUT2D eigenvalue weighted by Crippen LogP contribution is 2.36. The fraction of sp³-hybridized carbons (Fsp3) is 0.130. The molecule has 0 amide bonds. The van der Waals surface area contributed by atoms with E-state index < -0.39 is 0 Å². The van der Waals surface area contributed by atoms with Crippen LogP contribution in [0.1, 0.15) is 18.1 Å². The van der Waals surface area contributed by atoms with Crippen molar-refractivity contribution in [1.82, 2.24) is 5.32 Å². The van der Waals surface area contributed by atoms with Gasteiger partial charge in [0.25, 0.3) is 0 Å². The van der Waals surface area contributed by atoms with Crippen molar-refractivity contribution >= 4 is 37.1 Å². The lowest BCUT2D eigenvalue weighted by Gasteiger charge is -2.10. The molecule has 1 aromatic heterocycles. The van der Waals surface area contributed by atoms with Crippen LogP contribution in [0.3, 0.4) is 0 Å². The Labute approximate surface area is 152 Å². The Kier molecular flexibility index (Phi) is 4.64. The van der Waals surface area contributed by atoms with Gasteiger partial charge >= 0.3 is 0 Å². The standard InChI is InChI=1S/C23H21NS/c1-2-24-15-14-19(17-8-4-3-5-9-17)18-12-13-23-21(16-18)20-10-6-7-11-22(20)25-23/h3-14,16,24H,2,15H2,1H3. The zero-order valence-corrected chi connectivity index (χ0v) is 15.1. The minimum atomic E-state index is 0.878. The van der Waals surface area contributed by atoms with Crippen molar-refractivity contribution in [2.24, 2.45) is 0 Å². The Morgan fingerprint density at radius 2 is 1.60 bits per heavy atom. The summed E-state index contributed by atoms with van der Waals surface area (Å²) in [5.41, 5.74) is 3.83. The van der Waals surface area contributed by atoms with Gasteiger partial charge < -0.3 is 5.32 Å². The highest BCUT2D eigenvalue weighted by molar-refractivity contribution is 7.25. The van der Waals surface area contributed by atoms with E-state index in [4.69, 9.17) is 0 Å². The Balaban J connectivity index is 1.86. The summed E-state index contributed by atoms with van der Waals surface area (Å²) in [5.74, 6) is 0. The van der Waals surface area contributed by atoms with E-state index >= 15 is 0 Å². The zero-order valence-electron chi connectivity index (χ0n) is 14.3. The normalized spacial score (nSPS) is 12.1. The quantitative estimate of drug-likeness (QED) is 0.432. The van der Waals surface area contributed by atoms with Crippen molar-refractivity contribution in [2.45, 2.75) is 6.92 Å². The van der Waals surface area contributed by atoms with Crippen molar-refractivity contribution in [1.29, 1.82) is 0 Å². The van der Waals surface area contributed by atoms with Crippen LogP contribution >= 0.6 is 11.3 Å². The van der Waals surface area contributed by atoms with Crippen LogP contribution in [-0.4, -0.2) is 13.1 Å². The van der Waals surface area contributed by atoms with Crippen molar-refractivity contribution in [3.63, 3.8) is 0 Å². The molecule has 124 valence electrons. The summed E-state index contributed by atoms with van der Waals surface area (Å²) in [6.07, 6.45) is 2.30. The SMILES string of the molecule is CCNCC=C(c1ccccc1)c1ccc2sc3ccccc3c2c1. The maximum atomic E-state index is 3.41. The van der Waals surface area contributed by atoms with E-state index in [1.807, 2.05) is 11.3 Å². The first-order valence-corrected chi connectivity index (χ1v) is 9.56. The molecule has 0 saturated carbocycles. The Bertz CT molecular complexity index is 1030. The van der Waals surface area contributed by atoms with Gasteiger partial charge in [-0.3, -0.25) is 0 Å². The van der Waals surface area contributed by atoms with Gasteiger partial charge in [0, 0.05) is 26.7 Å². The molecule has 0 unspecified atom stereocenters. The molecule has 1 heterocycles. The van der Waals surface area contributed by atoms with Crippen LogP contribution in [0.4, 0.5) is 0 Å². The number of thiophene rings is 1. The molecule has 0 aliphatic rings. The van der Waals surface area contributed by atoms with Crippen LogP contribution < -0.4 is 5.32 Å². The van der Waals surface area contributed by atoms with Gasteiger partial charge in [-0.05, 0) is 41.4 Å². The van der Waals surface area contributed by atoms with Crippen molar-refractivity contribution < 1.29 is 0 Å². The summed E-state index contributed by atoms with van der Waals surface area (Å²) in [7, 11) is 0. The van der Waals surface area contributed by atoms with Gasteiger partial charge in [-0.25, -0.2) is 0 Å². The molecule has 0 spiro atoms. The van der Waals surface area contributed by atoms with E-state index in [1.165, 1.54) is 36.9 Å². The molecule has 3 aromatic carbocycles. The van der Waals surface area contributed by atoms with Crippen LogP contribution in [-0.2, 0) is 0 Å². The number of fused-ring (bicyclic) bond motifs is 3. The average Bonchev–Trinajstić information content (AvgIpc) is 3.04. The highest BCUT2D eigenvalue weighted by Gasteiger charge is 2.09. The summed E-state index contributed by atoms with van der Waals surface area (Å²) < 4.78 is 2.71. The molecule has 1 nitrogen and oxygen atoms in total. The van der Waals surface area contributed by atoms with Gasteiger partial charge in [0.15, 0.2) is 0 Å². The monoisotopic (exact) mass is 343 g/mol. The second kappa shape index (κ2) is 7.22. The number of hydrogen-bond acceptors (Lipinski definition) is 2. The van der Waals surface area contributed by atoms with Crippen molar-refractivity contribution in [3.8, 4) is 0 Å². The number of likely N-dealkylation sites (N-methyl/N-ethyl adjacent to an activating group) is 1. The minimum Gasteiger partial charge on any atom is -0.314 e. The van der Waals surface area contributed by atoms with E-state index in [2.05, 4.69) is 91.1 Å². The molecule has 0 aliphatic heterocycles. The lowest BCUT2D eigenvalue weighted by molar-refractivity contribution is 0.800. The highest BCUT2D eigenvalue weighted by atomic mass is 32.1. The van der Waals surface area contributed by atoms with Crippen LogP contribution in [0.5, 0.6) is 0 Å². The lowest BCUT2D eigenvalue weighted by Crippen LogP contribution is -2.12. The molecular weight excluding hydrogens is 322 g/mol. The number of hydrogen-bond donors (Lipinski definition) is 1. The van der Waals surface area contributed by atoms with E-state index in [-0.39, 0.29) is 0 Å². The first-order valence-electron chi connectivity index (χ1n) is 8.75. The number of benzene rings is 3. The topological polar surface area (TPSA) is 12.0 Å². The largest absolute Gasteiger partial charge is 0.314 e. The predicted octanol–water partition coefficient (Wildman–Crippen LogP) is 6.10. The van der Waals surface area contributed by atoms with Gasteiger partial charge in [-0.1, -0.05) is 67.6 Å². The van der Waals surface area contributed by atoms with Gasteiger partial charge in [-0.2, -0.15) is 0 Å². The molecule has 0 aliphatic carbocycles. The third-order valence-corrected chi connectivity index (χ3v) is 5.62. The first kappa shape index (κ1) is 16.1. The molecule has 4 aromatic rings. The summed E-state index contributed by atoms with van der Waals surface area (Å²) >= 11 is 1.87. The Morgan fingerprint density at radius 1 is 0.840 bits per heavy atom. The van der Waals surface area contributed by atoms with Gasteiger partial charge in [0.2, 0.25) is 0 Å². The molecule has 25 heavy (non-hydrogen) atoms. The molecule has 2 heteroatoms. The van der Waals surface area contributed by atoms with E-state index in [0.717, 1.165) is 13.1 Å². The molecule has 0 radical (unpaired) electrons. The van der Waals surface area contributed by atoms with E-state index in [9.17, 15) is 0 Å². The first-order chi connectivity index (χ1) is 12.4. The average molecular weight is 343 g/mol. The summed E-state index contributed by atoms with van der Waals surface area (Å²) in [4.78, 5) is 0. The third kappa shape index (κ3) is 3.23. The van der Waals surface area contributed by atoms with Crippen LogP contribution in [0, 0.1) is 0 Å². The van der Waals surface area contributed by atoms with E-state index in [0.29, 0.717) is 0 Å². The molecular formula is C23H21NS. The molecule has 1 N–H and O–H groups in total. The van der Waals surface area contributed by atoms with Gasteiger partial charge in [0.05, 0.1) is 0 Å². The molecule has 0 bridgehead atoms. The summed E-state index contributed by atoms with van der Waals surface area (Å²) in [6.45, 7) is 4.00. The van der Waals surface area contributed by atoms with Gasteiger partial charge in [-0.15, -0.1) is 11.3 Å². The molecule has 0 atom stereocenters. The fourth-order valence-electron chi connectivity index (χ4n) is 3.23. The maximum Gasteiger partial charge on any atom is 0.0355 e. The summed E-state index contributed by atoms with van der Waals surface area (Å²) in [6, 6.07) is 26.2. The maximum absolute atomic E-state index is 3.41. The van der Waals surface area contributed by atoms with Crippen molar-refractivity contribution in [2.75, 3.05) is 13.1 Å². The van der Waals surface area contributed by atoms with Crippen molar-refractivity contribution in [3.05, 3.63) is 90.0 Å². The smallest absolute Gasteiger partial charge is 0.0355 e. The second-order valence-electron chi connectivity index (χ2n) is 6.10. The van der Waals surface area contributed by atoms with E-state index in [1.54, 1.807) is 0 Å². The number of rotatable bonds is 5. The van der Waals surface area contributed by atoms with Crippen LogP contribution in [0.2, 0.25) is 0 Å². The molecule has 0 fully saturated rings. The summed E-state index contributed by atoms with van der Waals surface area (Å²) in [5, 5.41) is 6.11. The minimum absolute atomic E-state index is 0.878. The molecule has 0 saturated heterocycles. The fourth-order valence-corrected chi connectivity index (χ4v) is 4.32. The Hall–Kier alpha value is -2.42.